The number of unbranched alkanes of at least 4 members (excludes halogenated alkanes) is 1. The fourth-order valence-corrected chi connectivity index (χ4v) is 5.84. The van der Waals surface area contributed by atoms with Gasteiger partial charge in [-0.1, -0.05) is 49.7 Å². The molecule has 3 N–H and O–H groups in total. The van der Waals surface area contributed by atoms with E-state index in [1.165, 1.54) is 24.8 Å². The maximum atomic E-state index is 10.7. The van der Waals surface area contributed by atoms with Crippen molar-refractivity contribution in [2.75, 3.05) is 0 Å². The Kier molecular flexibility index (Phi) is 7.23. The fourth-order valence-electron chi connectivity index (χ4n) is 5.84. The van der Waals surface area contributed by atoms with E-state index in [0.29, 0.717) is 18.3 Å². The van der Waals surface area contributed by atoms with Crippen LogP contribution in [0.15, 0.2) is 11.6 Å². The summed E-state index contributed by atoms with van der Waals surface area (Å²) in [6.45, 7) is 2.22. The predicted octanol–water partition coefficient (Wildman–Crippen LogP) is 4.30. The van der Waals surface area contributed by atoms with E-state index in [4.69, 9.17) is 5.11 Å². The molecule has 0 saturated heterocycles. The summed E-state index contributed by atoms with van der Waals surface area (Å²) in [7, 11) is 0. The van der Waals surface area contributed by atoms with Gasteiger partial charge in [-0.05, 0) is 68.6 Å². The maximum Gasteiger partial charge on any atom is 0.303 e. The lowest BCUT2D eigenvalue weighted by Crippen LogP contribution is -2.53. The smallest absolute Gasteiger partial charge is 0.303 e. The molecular weight excluding hydrogens is 352 g/mol. The van der Waals surface area contributed by atoms with Crippen molar-refractivity contribution in [3.8, 4) is 11.8 Å². The molecule has 0 aromatic rings. The van der Waals surface area contributed by atoms with Gasteiger partial charge >= 0.3 is 5.97 Å². The van der Waals surface area contributed by atoms with Gasteiger partial charge in [0.2, 0.25) is 0 Å². The second-order valence-electron chi connectivity index (χ2n) is 9.10. The van der Waals surface area contributed by atoms with E-state index in [0.717, 1.165) is 44.9 Å². The summed E-state index contributed by atoms with van der Waals surface area (Å²) >= 11 is 0. The van der Waals surface area contributed by atoms with Crippen molar-refractivity contribution in [1.82, 2.24) is 0 Å². The first-order chi connectivity index (χ1) is 13.5. The van der Waals surface area contributed by atoms with Crippen LogP contribution in [0.1, 0.15) is 84.0 Å². The quantitative estimate of drug-likeness (QED) is 0.360. The molecule has 0 spiro atoms. The van der Waals surface area contributed by atoms with E-state index in [2.05, 4.69) is 24.8 Å². The molecule has 3 fully saturated rings. The van der Waals surface area contributed by atoms with E-state index in [1.807, 2.05) is 0 Å². The number of hydrogen-bond acceptors (Lipinski definition) is 3. The van der Waals surface area contributed by atoms with Crippen LogP contribution in [0.3, 0.4) is 0 Å². The Morgan fingerprint density at radius 2 is 2.04 bits per heavy atom. The number of hydrogen-bond donors (Lipinski definition) is 3. The van der Waals surface area contributed by atoms with Crippen molar-refractivity contribution < 1.29 is 20.1 Å². The van der Waals surface area contributed by atoms with Gasteiger partial charge in [0.25, 0.3) is 0 Å². The van der Waals surface area contributed by atoms with Crippen LogP contribution in [-0.2, 0) is 4.79 Å². The molecule has 0 radical (unpaired) electrons. The van der Waals surface area contributed by atoms with E-state index in [-0.39, 0.29) is 17.8 Å². The molecule has 3 aliphatic carbocycles. The standard InChI is InChI=1S/C24H36O4/c1-2-24-15-14-22(26)19(12-13-21(25)17-8-4-3-5-9-17)20(24)16-18(24)10-6-7-11-23(27)28/h10,17,19-22,25-26H,2-9,11,14-16H2,1H3,(H,27,28)/t19-,20-,21?,22-,24-/m0/s1. The molecule has 3 rings (SSSR count). The highest BCUT2D eigenvalue weighted by Crippen LogP contribution is 2.63. The molecule has 0 aliphatic heterocycles. The van der Waals surface area contributed by atoms with E-state index in [1.54, 1.807) is 0 Å². The van der Waals surface area contributed by atoms with E-state index < -0.39 is 18.2 Å². The number of fused-ring (bicyclic) bond motifs is 1. The number of carboxylic acid groups (broad SMARTS) is 1. The highest BCUT2D eigenvalue weighted by molar-refractivity contribution is 5.66. The van der Waals surface area contributed by atoms with Gasteiger partial charge in [0, 0.05) is 6.42 Å². The van der Waals surface area contributed by atoms with Crippen molar-refractivity contribution in [3.05, 3.63) is 11.6 Å². The summed E-state index contributed by atoms with van der Waals surface area (Å²) in [6, 6.07) is 0. The molecule has 0 aromatic heterocycles. The maximum absolute atomic E-state index is 10.7. The van der Waals surface area contributed by atoms with Crippen LogP contribution in [0.5, 0.6) is 0 Å². The molecule has 1 unspecified atom stereocenters. The summed E-state index contributed by atoms with van der Waals surface area (Å²) in [5, 5.41) is 29.9. The average Bonchev–Trinajstić information content (AvgIpc) is 2.68. The number of allylic oxidation sites excluding steroid dienone is 2. The molecule has 0 aromatic carbocycles. The van der Waals surface area contributed by atoms with Crippen molar-refractivity contribution in [3.63, 3.8) is 0 Å². The molecule has 4 nitrogen and oxygen atoms in total. The Labute approximate surface area is 169 Å². The average molecular weight is 389 g/mol. The van der Waals surface area contributed by atoms with Crippen molar-refractivity contribution in [1.29, 1.82) is 0 Å². The van der Waals surface area contributed by atoms with Gasteiger partial charge in [-0.15, -0.1) is 0 Å². The second kappa shape index (κ2) is 9.46. The normalized spacial score (nSPS) is 35.4. The van der Waals surface area contributed by atoms with Crippen LogP contribution in [0.4, 0.5) is 0 Å². The van der Waals surface area contributed by atoms with Gasteiger partial charge in [-0.3, -0.25) is 4.79 Å². The van der Waals surface area contributed by atoms with Crippen LogP contribution >= 0.6 is 0 Å². The lowest BCUT2D eigenvalue weighted by Gasteiger charge is -2.58. The monoisotopic (exact) mass is 388 g/mol. The van der Waals surface area contributed by atoms with E-state index >= 15 is 0 Å². The SMILES string of the molecule is CC[C@@]12CC[C@H](O)[C@@H](C#CC(O)C3CCCCC3)[C@@H]1CC2=CCCCC(=O)O. The Hall–Kier alpha value is -1.31. The molecule has 0 amide bonds. The minimum atomic E-state index is -0.734. The van der Waals surface area contributed by atoms with Crippen LogP contribution in [0.25, 0.3) is 0 Å². The minimum Gasteiger partial charge on any atom is -0.481 e. The second-order valence-corrected chi connectivity index (χ2v) is 9.10. The lowest BCUT2D eigenvalue weighted by molar-refractivity contribution is -0.137. The summed E-state index contributed by atoms with van der Waals surface area (Å²) in [5.41, 5.74) is 1.56. The Morgan fingerprint density at radius 1 is 1.29 bits per heavy atom. The van der Waals surface area contributed by atoms with Crippen molar-refractivity contribution in [2.45, 2.75) is 96.2 Å². The molecule has 3 aliphatic rings. The molecular formula is C24H36O4. The lowest BCUT2D eigenvalue weighted by atomic mass is 9.46. The van der Waals surface area contributed by atoms with Gasteiger partial charge in [0.1, 0.15) is 6.10 Å². The zero-order chi connectivity index (χ0) is 20.1. The largest absolute Gasteiger partial charge is 0.481 e. The zero-order valence-corrected chi connectivity index (χ0v) is 17.2. The highest BCUT2D eigenvalue weighted by atomic mass is 16.4. The third-order valence-electron chi connectivity index (χ3n) is 7.63. The Balaban J connectivity index is 1.66. The summed E-state index contributed by atoms with van der Waals surface area (Å²) in [4.78, 5) is 10.7. The zero-order valence-electron chi connectivity index (χ0n) is 17.2. The van der Waals surface area contributed by atoms with Crippen LogP contribution in [-0.4, -0.2) is 33.5 Å². The number of carboxylic acids is 1. The number of carbonyl (C=O) groups is 1. The van der Waals surface area contributed by atoms with Crippen molar-refractivity contribution >= 4 is 5.97 Å². The fraction of sp³-hybridized carbons (Fsp3) is 0.792. The van der Waals surface area contributed by atoms with E-state index in [9.17, 15) is 15.0 Å². The summed E-state index contributed by atoms with van der Waals surface area (Å²) < 4.78 is 0. The number of aliphatic hydroxyl groups is 2. The van der Waals surface area contributed by atoms with Gasteiger partial charge < -0.3 is 15.3 Å². The van der Waals surface area contributed by atoms with Crippen LogP contribution < -0.4 is 0 Å². The topological polar surface area (TPSA) is 77.8 Å². The molecule has 28 heavy (non-hydrogen) atoms. The summed E-state index contributed by atoms with van der Waals surface area (Å²) in [5.74, 6) is 6.29. The van der Waals surface area contributed by atoms with Gasteiger partial charge in [-0.2, -0.15) is 0 Å². The molecule has 156 valence electrons. The number of rotatable bonds is 6. The molecule has 0 heterocycles. The molecule has 4 heteroatoms. The first-order valence-electron chi connectivity index (χ1n) is 11.3. The third-order valence-corrected chi connectivity index (χ3v) is 7.63. The highest BCUT2D eigenvalue weighted by Gasteiger charge is 2.56. The van der Waals surface area contributed by atoms with Gasteiger partial charge in [0.05, 0.1) is 12.0 Å². The van der Waals surface area contributed by atoms with Crippen molar-refractivity contribution in [2.24, 2.45) is 23.2 Å². The first kappa shape index (κ1) is 21.4. The Bertz CT molecular complexity index is 637. The summed E-state index contributed by atoms with van der Waals surface area (Å²) in [6.07, 6.45) is 12.5. The van der Waals surface area contributed by atoms with Gasteiger partial charge in [0.15, 0.2) is 0 Å². The van der Waals surface area contributed by atoms with Gasteiger partial charge in [-0.25, -0.2) is 0 Å². The Morgan fingerprint density at radius 3 is 2.71 bits per heavy atom. The predicted molar refractivity (Wildman–Crippen MR) is 109 cm³/mol. The molecule has 0 bridgehead atoms. The first-order valence-corrected chi connectivity index (χ1v) is 11.3. The number of aliphatic hydroxyl groups excluding tert-OH is 2. The third kappa shape index (κ3) is 4.47. The number of aliphatic carboxylic acids is 1. The minimum absolute atomic E-state index is 0.0527. The van der Waals surface area contributed by atoms with Crippen LogP contribution in [0.2, 0.25) is 0 Å². The van der Waals surface area contributed by atoms with Crippen LogP contribution in [0, 0.1) is 35.0 Å². The molecule has 5 atom stereocenters. The molecule has 3 saturated carbocycles.